The van der Waals surface area contributed by atoms with Crippen molar-refractivity contribution in [1.82, 2.24) is 0 Å². The first-order valence-electron chi connectivity index (χ1n) is 10.6. The molecule has 0 heterocycles. The number of allylic oxidation sites excluding steroid dienone is 1. The van der Waals surface area contributed by atoms with Crippen molar-refractivity contribution in [2.45, 2.75) is 70.6 Å². The molecule has 3 rings (SSSR count). The van der Waals surface area contributed by atoms with Gasteiger partial charge in [-0.15, -0.1) is 13.2 Å². The third kappa shape index (κ3) is 7.01. The molecule has 2 aliphatic carbocycles. The first-order valence-corrected chi connectivity index (χ1v) is 11.6. The largest absolute Gasteiger partial charge is 0.573 e. The fourth-order valence-corrected chi connectivity index (χ4v) is 5.57. The van der Waals surface area contributed by atoms with Gasteiger partial charge in [0.15, 0.2) is 11.6 Å². The Hall–Kier alpha value is -1.04. The molecular weight excluding hydrogens is 448 g/mol. The lowest BCUT2D eigenvalue weighted by molar-refractivity contribution is -0.275. The summed E-state index contributed by atoms with van der Waals surface area (Å²) in [5.41, 5.74) is 0.734. The van der Waals surface area contributed by atoms with E-state index in [2.05, 4.69) is 26.7 Å². The fourth-order valence-electron chi connectivity index (χ4n) is 5.14. The van der Waals surface area contributed by atoms with Crippen molar-refractivity contribution in [3.63, 3.8) is 0 Å². The van der Waals surface area contributed by atoms with Crippen molar-refractivity contribution in [2.75, 3.05) is 0 Å². The van der Waals surface area contributed by atoms with E-state index < -0.39 is 17.9 Å². The van der Waals surface area contributed by atoms with E-state index in [1.165, 1.54) is 63.5 Å². The Bertz CT molecular complexity index is 672. The highest BCUT2D eigenvalue weighted by molar-refractivity contribution is 9.11. The molecule has 0 aromatic heterocycles. The van der Waals surface area contributed by atoms with Crippen molar-refractivity contribution in [1.29, 1.82) is 0 Å². The summed E-state index contributed by atoms with van der Waals surface area (Å²) < 4.78 is 54.3. The Morgan fingerprint density at radius 2 is 1.59 bits per heavy atom. The molecular formula is C23H29BrF4O. The van der Waals surface area contributed by atoms with E-state index in [9.17, 15) is 17.6 Å². The number of benzene rings is 1. The molecule has 162 valence electrons. The van der Waals surface area contributed by atoms with Crippen molar-refractivity contribution in [2.24, 2.45) is 23.7 Å². The molecule has 0 bridgehead atoms. The second kappa shape index (κ2) is 10.3. The second-order valence-electron chi connectivity index (χ2n) is 8.63. The van der Waals surface area contributed by atoms with Gasteiger partial charge in [-0.05, 0) is 97.7 Å². The van der Waals surface area contributed by atoms with Crippen LogP contribution < -0.4 is 4.74 Å². The van der Waals surface area contributed by atoms with Crippen LogP contribution >= 0.6 is 15.9 Å². The van der Waals surface area contributed by atoms with Gasteiger partial charge in [0, 0.05) is 0 Å². The Kier molecular flexibility index (Phi) is 8.06. The average molecular weight is 477 g/mol. The molecule has 1 nitrogen and oxygen atoms in total. The Labute approximate surface area is 179 Å². The predicted octanol–water partition coefficient (Wildman–Crippen LogP) is 8.18. The standard InChI is InChI=1S/C23H29BrF4O/c24-14-13-17-5-10-20(11-6-17)19-8-3-16(4-9-19)1-2-18-7-12-22(21(25)15-18)29-23(26,27)28/h7,12-17,19-20H,1-6,8-11H2. The van der Waals surface area contributed by atoms with Crippen LogP contribution in [0, 0.1) is 29.5 Å². The molecule has 0 N–H and O–H groups in total. The minimum atomic E-state index is -4.87. The van der Waals surface area contributed by atoms with Gasteiger partial charge in [-0.25, -0.2) is 4.39 Å². The number of alkyl halides is 3. The normalized spacial score (nSPS) is 28.6. The highest BCUT2D eigenvalue weighted by atomic mass is 79.9. The van der Waals surface area contributed by atoms with Gasteiger partial charge < -0.3 is 4.74 Å². The van der Waals surface area contributed by atoms with Crippen LogP contribution in [0.5, 0.6) is 5.75 Å². The van der Waals surface area contributed by atoms with Crippen LogP contribution in [0.4, 0.5) is 17.6 Å². The highest BCUT2D eigenvalue weighted by Crippen LogP contribution is 2.42. The lowest BCUT2D eigenvalue weighted by Gasteiger charge is -2.37. The molecule has 0 spiro atoms. The summed E-state index contributed by atoms with van der Waals surface area (Å²) in [5, 5.41) is 0. The van der Waals surface area contributed by atoms with Gasteiger partial charge in [-0.3, -0.25) is 0 Å². The molecule has 29 heavy (non-hydrogen) atoms. The maximum atomic E-state index is 13.8. The molecule has 0 atom stereocenters. The van der Waals surface area contributed by atoms with Gasteiger partial charge in [0.05, 0.1) is 0 Å². The molecule has 0 saturated heterocycles. The summed E-state index contributed by atoms with van der Waals surface area (Å²) in [6, 6.07) is 3.79. The smallest absolute Gasteiger partial charge is 0.403 e. The summed E-state index contributed by atoms with van der Waals surface area (Å²) in [6.45, 7) is 0. The van der Waals surface area contributed by atoms with Crippen LogP contribution in [0.15, 0.2) is 29.3 Å². The van der Waals surface area contributed by atoms with E-state index in [0.717, 1.165) is 35.8 Å². The minimum absolute atomic E-state index is 0.632. The molecule has 0 radical (unpaired) electrons. The molecule has 2 fully saturated rings. The summed E-state index contributed by atoms with van der Waals surface area (Å²) in [5.74, 6) is 1.36. The highest BCUT2D eigenvalue weighted by Gasteiger charge is 2.32. The number of hydrogen-bond donors (Lipinski definition) is 0. The van der Waals surface area contributed by atoms with Gasteiger partial charge in [-0.1, -0.05) is 40.9 Å². The summed E-state index contributed by atoms with van der Waals surface area (Å²) in [4.78, 5) is 1.99. The molecule has 2 aliphatic rings. The van der Waals surface area contributed by atoms with Crippen LogP contribution in [0.25, 0.3) is 0 Å². The molecule has 0 unspecified atom stereocenters. The van der Waals surface area contributed by atoms with Crippen molar-refractivity contribution in [3.05, 3.63) is 40.6 Å². The third-order valence-electron chi connectivity index (χ3n) is 6.78. The number of halogens is 5. The van der Waals surface area contributed by atoms with Crippen LogP contribution in [0.1, 0.15) is 63.4 Å². The SMILES string of the molecule is Fc1cc(CCC2CCC(C3CCC(C=CBr)CC3)CC2)ccc1OC(F)(F)F. The third-order valence-corrected chi connectivity index (χ3v) is 7.09. The topological polar surface area (TPSA) is 9.23 Å². The quantitative estimate of drug-likeness (QED) is 0.376. The first-order chi connectivity index (χ1) is 13.8. The average Bonchev–Trinajstić information content (AvgIpc) is 2.69. The van der Waals surface area contributed by atoms with Crippen molar-refractivity contribution < 1.29 is 22.3 Å². The van der Waals surface area contributed by atoms with Gasteiger partial charge in [-0.2, -0.15) is 0 Å². The van der Waals surface area contributed by atoms with Crippen LogP contribution in [0.3, 0.4) is 0 Å². The lowest BCUT2D eigenvalue weighted by atomic mass is 9.68. The fraction of sp³-hybridized carbons (Fsp3) is 0.652. The van der Waals surface area contributed by atoms with Gasteiger partial charge >= 0.3 is 6.36 Å². The van der Waals surface area contributed by atoms with Gasteiger partial charge in [0.2, 0.25) is 0 Å². The molecule has 0 aliphatic heterocycles. The monoisotopic (exact) mass is 476 g/mol. The van der Waals surface area contributed by atoms with Crippen LogP contribution in [-0.4, -0.2) is 6.36 Å². The lowest BCUT2D eigenvalue weighted by Crippen LogP contribution is -2.25. The zero-order valence-corrected chi connectivity index (χ0v) is 18.2. The van der Waals surface area contributed by atoms with Crippen LogP contribution in [-0.2, 0) is 6.42 Å². The van der Waals surface area contributed by atoms with E-state index in [4.69, 9.17) is 0 Å². The molecule has 6 heteroatoms. The van der Waals surface area contributed by atoms with E-state index in [1.54, 1.807) is 0 Å². The number of aryl methyl sites for hydroxylation is 1. The zero-order chi connectivity index (χ0) is 20.9. The molecule has 1 aromatic rings. The number of rotatable bonds is 6. The molecule has 2 saturated carbocycles. The van der Waals surface area contributed by atoms with Crippen molar-refractivity contribution >= 4 is 15.9 Å². The maximum absolute atomic E-state index is 13.8. The Morgan fingerprint density at radius 1 is 0.966 bits per heavy atom. The van der Waals surface area contributed by atoms with Crippen LogP contribution in [0.2, 0.25) is 0 Å². The summed E-state index contributed by atoms with van der Waals surface area (Å²) >= 11 is 3.38. The van der Waals surface area contributed by atoms with Gasteiger partial charge in [0.25, 0.3) is 0 Å². The minimum Gasteiger partial charge on any atom is -0.403 e. The van der Waals surface area contributed by atoms with E-state index in [0.29, 0.717) is 12.3 Å². The summed E-state index contributed by atoms with van der Waals surface area (Å²) in [7, 11) is 0. The van der Waals surface area contributed by atoms with E-state index in [1.807, 2.05) is 4.99 Å². The number of ether oxygens (including phenoxy) is 1. The van der Waals surface area contributed by atoms with Gasteiger partial charge in [0.1, 0.15) is 0 Å². The molecule has 0 amide bonds. The predicted molar refractivity (Wildman–Crippen MR) is 110 cm³/mol. The van der Waals surface area contributed by atoms with E-state index in [-0.39, 0.29) is 0 Å². The summed E-state index contributed by atoms with van der Waals surface area (Å²) in [6.07, 6.45) is 9.32. The first kappa shape index (κ1) is 22.6. The van der Waals surface area contributed by atoms with Crippen molar-refractivity contribution in [3.8, 4) is 5.75 Å². The zero-order valence-electron chi connectivity index (χ0n) is 16.6. The second-order valence-corrected chi connectivity index (χ2v) is 9.15. The Balaban J connectivity index is 1.41. The molecule has 1 aromatic carbocycles. The maximum Gasteiger partial charge on any atom is 0.573 e. The number of hydrogen-bond acceptors (Lipinski definition) is 1. The van der Waals surface area contributed by atoms with E-state index >= 15 is 0 Å². The Morgan fingerprint density at radius 3 is 2.14 bits per heavy atom.